The van der Waals surface area contributed by atoms with Gasteiger partial charge in [-0.3, -0.25) is 9.78 Å². The van der Waals surface area contributed by atoms with E-state index in [1.807, 2.05) is 6.92 Å². The van der Waals surface area contributed by atoms with E-state index >= 15 is 0 Å². The fraction of sp³-hybridized carbons (Fsp3) is 0.750. The molecule has 1 N–H and O–H groups in total. The number of ether oxygens (including phenoxy) is 1. The maximum absolute atomic E-state index is 12.0. The minimum Gasteiger partial charge on any atom is -0.370 e. The molecule has 0 radical (unpaired) electrons. The number of rotatable bonds is 6. The van der Waals surface area contributed by atoms with Crippen LogP contribution in [0, 0.1) is 5.92 Å². The van der Waals surface area contributed by atoms with Crippen LogP contribution in [0.5, 0.6) is 0 Å². The van der Waals surface area contributed by atoms with Crippen molar-refractivity contribution in [1.82, 2.24) is 9.55 Å². The molecule has 0 saturated carbocycles. The summed E-state index contributed by atoms with van der Waals surface area (Å²) in [4.78, 5) is 26.1. The van der Waals surface area contributed by atoms with E-state index < -0.39 is 0 Å². The van der Waals surface area contributed by atoms with Crippen molar-refractivity contribution in [3.63, 3.8) is 0 Å². The third kappa shape index (κ3) is 3.84. The minimum atomic E-state index is -0.334. The largest absolute Gasteiger partial charge is 0.370 e. The lowest BCUT2D eigenvalue weighted by Gasteiger charge is -2.17. The summed E-state index contributed by atoms with van der Waals surface area (Å²) in [6.45, 7) is 7.03. The van der Waals surface area contributed by atoms with Gasteiger partial charge in [0.15, 0.2) is 0 Å². The van der Waals surface area contributed by atoms with E-state index in [1.54, 1.807) is 10.8 Å². The van der Waals surface area contributed by atoms with Crippen molar-refractivity contribution in [1.29, 1.82) is 0 Å². The first-order valence-electron chi connectivity index (χ1n) is 8.04. The highest BCUT2D eigenvalue weighted by Crippen LogP contribution is 2.33. The van der Waals surface area contributed by atoms with Crippen LogP contribution in [0.15, 0.2) is 15.8 Å². The molecule has 0 spiro atoms. The van der Waals surface area contributed by atoms with Crippen molar-refractivity contribution in [2.24, 2.45) is 5.92 Å². The Morgan fingerprint density at radius 1 is 1.38 bits per heavy atom. The summed E-state index contributed by atoms with van der Waals surface area (Å²) in [7, 11) is 0. The highest BCUT2D eigenvalue weighted by Gasteiger charge is 2.29. The van der Waals surface area contributed by atoms with Crippen molar-refractivity contribution in [3.8, 4) is 0 Å². The van der Waals surface area contributed by atoms with E-state index in [0.29, 0.717) is 18.0 Å². The monoisotopic (exact) mass is 294 g/mol. The summed E-state index contributed by atoms with van der Waals surface area (Å²) >= 11 is 0. The predicted molar refractivity (Wildman–Crippen MR) is 82.5 cm³/mol. The third-order valence-corrected chi connectivity index (χ3v) is 4.32. The van der Waals surface area contributed by atoms with Gasteiger partial charge in [-0.2, -0.15) is 0 Å². The van der Waals surface area contributed by atoms with Crippen LogP contribution in [-0.4, -0.2) is 15.7 Å². The molecule has 1 aliphatic rings. The molecule has 21 heavy (non-hydrogen) atoms. The summed E-state index contributed by atoms with van der Waals surface area (Å²) in [5, 5.41) is 0. The first-order valence-corrected chi connectivity index (χ1v) is 8.04. The van der Waals surface area contributed by atoms with Gasteiger partial charge in [0.05, 0.1) is 17.8 Å². The maximum Gasteiger partial charge on any atom is 0.328 e. The molecule has 0 bridgehead atoms. The van der Waals surface area contributed by atoms with E-state index in [4.69, 9.17) is 4.74 Å². The molecule has 5 nitrogen and oxygen atoms in total. The van der Waals surface area contributed by atoms with Crippen LogP contribution >= 0.6 is 0 Å². The average molecular weight is 294 g/mol. The highest BCUT2D eigenvalue weighted by molar-refractivity contribution is 5.10. The van der Waals surface area contributed by atoms with Gasteiger partial charge in [-0.25, -0.2) is 4.79 Å². The molecule has 1 aliphatic heterocycles. The van der Waals surface area contributed by atoms with Gasteiger partial charge in [-0.1, -0.05) is 27.2 Å². The summed E-state index contributed by atoms with van der Waals surface area (Å²) in [5.74, 6) is 0.640. The van der Waals surface area contributed by atoms with Gasteiger partial charge in [0, 0.05) is 12.7 Å². The summed E-state index contributed by atoms with van der Waals surface area (Å²) in [6, 6.07) is 0. The molecule has 1 saturated heterocycles. The minimum absolute atomic E-state index is 0.175. The van der Waals surface area contributed by atoms with Gasteiger partial charge in [-0.15, -0.1) is 0 Å². The first kappa shape index (κ1) is 16.0. The second-order valence-electron chi connectivity index (χ2n) is 6.11. The lowest BCUT2D eigenvalue weighted by molar-refractivity contribution is 0.0305. The second kappa shape index (κ2) is 7.07. The molecule has 2 heterocycles. The van der Waals surface area contributed by atoms with E-state index in [9.17, 15) is 9.59 Å². The zero-order valence-electron chi connectivity index (χ0n) is 13.2. The Morgan fingerprint density at radius 2 is 2.14 bits per heavy atom. The van der Waals surface area contributed by atoms with E-state index in [0.717, 1.165) is 32.1 Å². The average Bonchev–Trinajstić information content (AvgIpc) is 2.90. The summed E-state index contributed by atoms with van der Waals surface area (Å²) < 4.78 is 7.61. The van der Waals surface area contributed by atoms with Gasteiger partial charge in [0.2, 0.25) is 0 Å². The quantitative estimate of drug-likeness (QED) is 0.877. The van der Waals surface area contributed by atoms with Crippen LogP contribution in [0.25, 0.3) is 0 Å². The number of H-pyrrole nitrogens is 1. The van der Waals surface area contributed by atoms with Crippen LogP contribution in [0.2, 0.25) is 0 Å². The Bertz CT molecular complexity index is 576. The molecule has 0 aliphatic carbocycles. The highest BCUT2D eigenvalue weighted by atomic mass is 16.5. The number of aryl methyl sites for hydroxylation is 1. The molecular weight excluding hydrogens is 268 g/mol. The van der Waals surface area contributed by atoms with Crippen LogP contribution in [0.3, 0.4) is 0 Å². The molecule has 1 aromatic rings. The number of nitrogens with zero attached hydrogens (tertiary/aromatic N) is 1. The molecule has 2 rings (SSSR count). The molecule has 1 aromatic heterocycles. The van der Waals surface area contributed by atoms with Gasteiger partial charge >= 0.3 is 5.69 Å². The Morgan fingerprint density at radius 3 is 2.81 bits per heavy atom. The predicted octanol–water partition coefficient (Wildman–Crippen LogP) is 2.60. The van der Waals surface area contributed by atoms with E-state index in [1.165, 1.54) is 0 Å². The number of hydrogen-bond donors (Lipinski definition) is 1. The number of aromatic nitrogens is 2. The number of hydrogen-bond acceptors (Lipinski definition) is 3. The lowest BCUT2D eigenvalue weighted by atomic mass is 9.99. The van der Waals surface area contributed by atoms with Crippen molar-refractivity contribution < 1.29 is 4.74 Å². The van der Waals surface area contributed by atoms with E-state index in [2.05, 4.69) is 18.8 Å². The molecule has 5 heteroatoms. The van der Waals surface area contributed by atoms with Gasteiger partial charge < -0.3 is 9.30 Å². The van der Waals surface area contributed by atoms with Crippen LogP contribution in [0.4, 0.5) is 0 Å². The zero-order chi connectivity index (χ0) is 15.4. The Labute approximate surface area is 125 Å². The fourth-order valence-corrected chi connectivity index (χ4v) is 2.89. The Balaban J connectivity index is 2.14. The van der Waals surface area contributed by atoms with Crippen LogP contribution in [0.1, 0.15) is 64.5 Å². The van der Waals surface area contributed by atoms with Crippen molar-refractivity contribution in [3.05, 3.63) is 32.6 Å². The van der Waals surface area contributed by atoms with Gasteiger partial charge in [0.1, 0.15) is 0 Å². The lowest BCUT2D eigenvalue weighted by Crippen LogP contribution is -2.32. The van der Waals surface area contributed by atoms with E-state index in [-0.39, 0.29) is 23.5 Å². The van der Waals surface area contributed by atoms with Gasteiger partial charge in [-0.05, 0) is 31.6 Å². The number of nitrogens with one attached hydrogen (secondary N) is 1. The standard InChI is InChI=1S/C16H26N2O3/c1-4-8-18-10-13(15(19)17-16(18)20)14-7-6-12(21-14)9-11(3)5-2/h10-12,14H,4-9H2,1-3H3,(H,17,19,20)/t11?,12?,14-/m1/s1. The summed E-state index contributed by atoms with van der Waals surface area (Å²) in [5.41, 5.74) is -0.0454. The fourth-order valence-electron chi connectivity index (χ4n) is 2.89. The molecule has 118 valence electrons. The Kier molecular flexibility index (Phi) is 5.39. The molecule has 2 unspecified atom stereocenters. The Hall–Kier alpha value is -1.36. The second-order valence-corrected chi connectivity index (χ2v) is 6.11. The normalized spacial score (nSPS) is 23.4. The topological polar surface area (TPSA) is 64.1 Å². The first-order chi connectivity index (χ1) is 10.0. The van der Waals surface area contributed by atoms with Crippen LogP contribution < -0.4 is 11.2 Å². The van der Waals surface area contributed by atoms with Crippen molar-refractivity contribution in [2.75, 3.05) is 0 Å². The molecule has 0 aromatic carbocycles. The maximum atomic E-state index is 12.0. The van der Waals surface area contributed by atoms with Crippen LogP contribution in [-0.2, 0) is 11.3 Å². The SMILES string of the molecule is CCCn1cc([C@H]2CCC(CC(C)CC)O2)c(=O)[nH]c1=O. The van der Waals surface area contributed by atoms with Gasteiger partial charge in [0.25, 0.3) is 5.56 Å². The molecule has 0 amide bonds. The summed E-state index contributed by atoms with van der Waals surface area (Å²) in [6.07, 6.45) is 6.62. The zero-order valence-corrected chi connectivity index (χ0v) is 13.2. The van der Waals surface area contributed by atoms with Crippen molar-refractivity contribution in [2.45, 2.75) is 71.6 Å². The molecule has 3 atom stereocenters. The third-order valence-electron chi connectivity index (χ3n) is 4.32. The smallest absolute Gasteiger partial charge is 0.328 e. The van der Waals surface area contributed by atoms with Crippen molar-refractivity contribution >= 4 is 0 Å². The molecular formula is C16H26N2O3. The molecule has 1 fully saturated rings. The number of aromatic amines is 1.